The van der Waals surface area contributed by atoms with E-state index in [1.807, 2.05) is 24.3 Å². The van der Waals surface area contributed by atoms with Gasteiger partial charge in [0.2, 0.25) is 4.96 Å². The second kappa shape index (κ2) is 4.94. The molecule has 7 heteroatoms. The van der Waals surface area contributed by atoms with E-state index < -0.39 is 0 Å². The molecule has 0 unspecified atom stereocenters. The molecule has 0 aliphatic carbocycles. The third kappa shape index (κ3) is 2.18. The number of rotatable bonds is 4. The van der Waals surface area contributed by atoms with Crippen molar-refractivity contribution in [2.24, 2.45) is 0 Å². The average molecular weight is 276 g/mol. The highest BCUT2D eigenvalue weighted by atomic mass is 32.1. The Kier molecular flexibility index (Phi) is 3.14. The largest absolute Gasteiger partial charge is 0.497 e. The lowest BCUT2D eigenvalue weighted by molar-refractivity contribution is 0.176. The number of ether oxygens (including phenoxy) is 2. The summed E-state index contributed by atoms with van der Waals surface area (Å²) in [7, 11) is 3.27. The molecular formula is C12H12N4O2S. The predicted molar refractivity (Wildman–Crippen MR) is 71.4 cm³/mol. The van der Waals surface area contributed by atoms with Gasteiger partial charge in [-0.2, -0.15) is 9.61 Å². The molecule has 1 aromatic carbocycles. The van der Waals surface area contributed by atoms with Gasteiger partial charge in [0, 0.05) is 12.7 Å². The van der Waals surface area contributed by atoms with Gasteiger partial charge in [-0.1, -0.05) is 23.5 Å². The highest BCUT2D eigenvalue weighted by Gasteiger charge is 2.12. The number of hydrogen-bond acceptors (Lipinski definition) is 6. The Morgan fingerprint density at radius 3 is 2.95 bits per heavy atom. The molecule has 3 aromatic rings. The lowest BCUT2D eigenvalue weighted by Gasteiger charge is -2.00. The third-order valence-electron chi connectivity index (χ3n) is 2.65. The molecule has 0 fully saturated rings. The van der Waals surface area contributed by atoms with Crippen molar-refractivity contribution in [1.29, 1.82) is 0 Å². The summed E-state index contributed by atoms with van der Waals surface area (Å²) >= 11 is 1.48. The number of nitrogens with zero attached hydrogens (tertiary/aromatic N) is 4. The Labute approximate surface area is 113 Å². The second-order valence-corrected chi connectivity index (χ2v) is 4.84. The van der Waals surface area contributed by atoms with Gasteiger partial charge in [-0.15, -0.1) is 10.2 Å². The lowest BCUT2D eigenvalue weighted by Crippen LogP contribution is -1.97. The van der Waals surface area contributed by atoms with E-state index >= 15 is 0 Å². The molecule has 19 heavy (non-hydrogen) atoms. The van der Waals surface area contributed by atoms with E-state index in [1.165, 1.54) is 11.3 Å². The molecule has 0 saturated carbocycles. The smallest absolute Gasteiger partial charge is 0.235 e. The van der Waals surface area contributed by atoms with Crippen LogP contribution in [0.2, 0.25) is 0 Å². The molecule has 6 nitrogen and oxygen atoms in total. The summed E-state index contributed by atoms with van der Waals surface area (Å²) in [5.41, 5.74) is 0.998. The van der Waals surface area contributed by atoms with Crippen molar-refractivity contribution in [2.75, 3.05) is 14.2 Å². The van der Waals surface area contributed by atoms with E-state index in [0.29, 0.717) is 12.4 Å². The molecule has 0 N–H and O–H groups in total. The van der Waals surface area contributed by atoms with Gasteiger partial charge in [0.05, 0.1) is 7.11 Å². The molecule has 0 spiro atoms. The van der Waals surface area contributed by atoms with E-state index in [2.05, 4.69) is 15.3 Å². The predicted octanol–water partition coefficient (Wildman–Crippen LogP) is 2.01. The molecular weight excluding hydrogens is 264 g/mol. The number of methoxy groups -OCH3 is 2. The maximum Gasteiger partial charge on any atom is 0.235 e. The summed E-state index contributed by atoms with van der Waals surface area (Å²) in [6.07, 6.45) is 0. The fourth-order valence-corrected chi connectivity index (χ4v) is 2.60. The molecule has 3 rings (SSSR count). The zero-order chi connectivity index (χ0) is 13.2. The first kappa shape index (κ1) is 12.1. The van der Waals surface area contributed by atoms with Gasteiger partial charge in [-0.05, 0) is 12.1 Å². The lowest BCUT2D eigenvalue weighted by atomic mass is 10.2. The van der Waals surface area contributed by atoms with Crippen LogP contribution in [0.1, 0.15) is 5.82 Å². The highest BCUT2D eigenvalue weighted by molar-refractivity contribution is 7.19. The highest BCUT2D eigenvalue weighted by Crippen LogP contribution is 2.28. The average Bonchev–Trinajstić information content (AvgIpc) is 3.01. The van der Waals surface area contributed by atoms with Gasteiger partial charge in [-0.3, -0.25) is 0 Å². The minimum atomic E-state index is 0.391. The van der Waals surface area contributed by atoms with Crippen LogP contribution in [0.5, 0.6) is 5.75 Å². The molecule has 98 valence electrons. The topological polar surface area (TPSA) is 61.5 Å². The fourth-order valence-electron chi connectivity index (χ4n) is 1.75. The third-order valence-corrected chi connectivity index (χ3v) is 3.59. The monoisotopic (exact) mass is 276 g/mol. The summed E-state index contributed by atoms with van der Waals surface area (Å²) in [5.74, 6) is 1.50. The van der Waals surface area contributed by atoms with Crippen molar-refractivity contribution in [3.8, 4) is 16.3 Å². The number of hydrogen-bond donors (Lipinski definition) is 0. The Bertz CT molecular complexity index is 707. The van der Waals surface area contributed by atoms with Crippen molar-refractivity contribution < 1.29 is 9.47 Å². The molecule has 2 heterocycles. The van der Waals surface area contributed by atoms with Crippen LogP contribution in [0.15, 0.2) is 24.3 Å². The minimum Gasteiger partial charge on any atom is -0.497 e. The fraction of sp³-hybridized carbons (Fsp3) is 0.250. The summed E-state index contributed by atoms with van der Waals surface area (Å²) in [6, 6.07) is 7.78. The van der Waals surface area contributed by atoms with Gasteiger partial charge >= 0.3 is 0 Å². The molecule has 0 aliphatic heterocycles. The normalized spacial score (nSPS) is 11.1. The SMILES string of the molecule is COCc1nnc2sc(-c3cccc(OC)c3)nn12. The van der Waals surface area contributed by atoms with Gasteiger partial charge in [0.1, 0.15) is 17.4 Å². The van der Waals surface area contributed by atoms with E-state index in [1.54, 1.807) is 18.7 Å². The van der Waals surface area contributed by atoms with Crippen molar-refractivity contribution in [3.63, 3.8) is 0 Å². The van der Waals surface area contributed by atoms with Crippen LogP contribution in [-0.2, 0) is 11.3 Å². The maximum absolute atomic E-state index is 5.22. The van der Waals surface area contributed by atoms with Crippen LogP contribution in [0, 0.1) is 0 Å². The molecule has 0 aliphatic rings. The van der Waals surface area contributed by atoms with Crippen molar-refractivity contribution in [1.82, 2.24) is 19.8 Å². The van der Waals surface area contributed by atoms with Gasteiger partial charge < -0.3 is 9.47 Å². The van der Waals surface area contributed by atoms with Gasteiger partial charge in [0.25, 0.3) is 0 Å². The summed E-state index contributed by atoms with van der Waals surface area (Å²) < 4.78 is 12.0. The summed E-state index contributed by atoms with van der Waals surface area (Å²) in [6.45, 7) is 0.391. The summed E-state index contributed by atoms with van der Waals surface area (Å²) in [5, 5.41) is 13.5. The first-order chi connectivity index (χ1) is 9.31. The summed E-state index contributed by atoms with van der Waals surface area (Å²) in [4.78, 5) is 0.755. The van der Waals surface area contributed by atoms with Gasteiger partial charge in [-0.25, -0.2) is 0 Å². The molecule has 0 radical (unpaired) electrons. The zero-order valence-corrected chi connectivity index (χ0v) is 11.3. The van der Waals surface area contributed by atoms with Crippen LogP contribution in [0.25, 0.3) is 15.5 Å². The first-order valence-corrected chi connectivity index (χ1v) is 6.48. The molecule has 0 saturated heterocycles. The van der Waals surface area contributed by atoms with Crippen molar-refractivity contribution in [3.05, 3.63) is 30.1 Å². The van der Waals surface area contributed by atoms with Crippen LogP contribution >= 0.6 is 11.3 Å². The number of fused-ring (bicyclic) bond motifs is 1. The Balaban J connectivity index is 2.04. The van der Waals surface area contributed by atoms with Crippen LogP contribution in [0.4, 0.5) is 0 Å². The van der Waals surface area contributed by atoms with Crippen LogP contribution < -0.4 is 4.74 Å². The van der Waals surface area contributed by atoms with Crippen LogP contribution in [-0.4, -0.2) is 34.0 Å². The molecule has 0 bridgehead atoms. The first-order valence-electron chi connectivity index (χ1n) is 5.66. The Hall–Kier alpha value is -1.99. The zero-order valence-electron chi connectivity index (χ0n) is 10.5. The molecule has 2 aromatic heterocycles. The minimum absolute atomic E-state index is 0.391. The maximum atomic E-state index is 5.22. The van der Waals surface area contributed by atoms with Gasteiger partial charge in [0.15, 0.2) is 5.82 Å². The Morgan fingerprint density at radius 2 is 2.16 bits per heavy atom. The number of benzene rings is 1. The quantitative estimate of drug-likeness (QED) is 0.729. The van der Waals surface area contributed by atoms with E-state index in [4.69, 9.17) is 9.47 Å². The van der Waals surface area contributed by atoms with E-state index in [0.717, 1.165) is 21.3 Å². The standard InChI is InChI=1S/C12H12N4O2S/c1-17-7-10-13-14-12-16(10)15-11(19-12)8-4-3-5-9(6-8)18-2/h3-6H,7H2,1-2H3. The molecule has 0 atom stereocenters. The second-order valence-electron chi connectivity index (χ2n) is 3.88. The van der Waals surface area contributed by atoms with Crippen molar-refractivity contribution >= 4 is 16.3 Å². The Morgan fingerprint density at radius 1 is 1.26 bits per heavy atom. The van der Waals surface area contributed by atoms with Crippen LogP contribution in [0.3, 0.4) is 0 Å². The van der Waals surface area contributed by atoms with Crippen molar-refractivity contribution in [2.45, 2.75) is 6.61 Å². The number of aromatic nitrogens is 4. The molecule has 0 amide bonds. The van der Waals surface area contributed by atoms with E-state index in [-0.39, 0.29) is 0 Å². The van der Waals surface area contributed by atoms with E-state index in [9.17, 15) is 0 Å².